The van der Waals surface area contributed by atoms with Gasteiger partial charge in [0.2, 0.25) is 12.7 Å². The number of benzene rings is 2. The number of aromatic nitrogens is 2. The van der Waals surface area contributed by atoms with Crippen molar-refractivity contribution in [2.75, 3.05) is 12.5 Å². The van der Waals surface area contributed by atoms with Gasteiger partial charge in [0.25, 0.3) is 0 Å². The average molecular weight is 395 g/mol. The normalized spacial score (nSPS) is 12.2. The van der Waals surface area contributed by atoms with Crippen molar-refractivity contribution in [2.45, 2.75) is 25.5 Å². The van der Waals surface area contributed by atoms with Gasteiger partial charge in [-0.05, 0) is 54.8 Å². The van der Waals surface area contributed by atoms with Gasteiger partial charge < -0.3 is 14.8 Å². The predicted molar refractivity (Wildman–Crippen MR) is 108 cm³/mol. The van der Waals surface area contributed by atoms with E-state index in [-0.39, 0.29) is 12.7 Å². The molecule has 1 aliphatic heterocycles. The van der Waals surface area contributed by atoms with Gasteiger partial charge in [-0.3, -0.25) is 9.36 Å². The summed E-state index contributed by atoms with van der Waals surface area (Å²) in [7, 11) is 0. The van der Waals surface area contributed by atoms with Gasteiger partial charge in [-0.2, -0.15) is 0 Å². The molecular weight excluding hydrogens is 374 g/mol. The number of carbonyl (C=O) groups is 1. The molecule has 0 unspecified atom stereocenters. The largest absolute Gasteiger partial charge is 0.454 e. The van der Waals surface area contributed by atoms with Crippen LogP contribution in [0, 0.1) is 13.8 Å². The number of imidazole rings is 1. The number of hydrogen-bond donors (Lipinski definition) is 1. The predicted octanol–water partition coefficient (Wildman–Crippen LogP) is 3.63. The molecule has 1 aliphatic rings. The second-order valence-electron chi connectivity index (χ2n) is 6.68. The molecule has 1 aromatic heterocycles. The fraction of sp³-hybridized carbons (Fsp3) is 0.238. The van der Waals surface area contributed by atoms with Crippen molar-refractivity contribution in [1.29, 1.82) is 0 Å². The third-order valence-corrected chi connectivity index (χ3v) is 5.32. The van der Waals surface area contributed by atoms with E-state index >= 15 is 0 Å². The van der Waals surface area contributed by atoms with Crippen molar-refractivity contribution in [3.63, 3.8) is 0 Å². The number of fused-ring (bicyclic) bond motifs is 1. The molecule has 0 fully saturated rings. The summed E-state index contributed by atoms with van der Waals surface area (Å²) in [5.74, 6) is 1.71. The first-order chi connectivity index (χ1) is 13.6. The number of rotatable bonds is 6. The molecule has 0 bridgehead atoms. The van der Waals surface area contributed by atoms with Crippen LogP contribution in [0.4, 0.5) is 0 Å². The van der Waals surface area contributed by atoms with Crippen molar-refractivity contribution in [1.82, 2.24) is 14.9 Å². The highest BCUT2D eigenvalue weighted by atomic mass is 32.2. The van der Waals surface area contributed by atoms with Crippen molar-refractivity contribution in [2.24, 2.45) is 0 Å². The number of amides is 1. The molecule has 28 heavy (non-hydrogen) atoms. The molecule has 0 radical (unpaired) electrons. The van der Waals surface area contributed by atoms with E-state index in [1.54, 1.807) is 6.20 Å². The minimum atomic E-state index is -0.0439. The van der Waals surface area contributed by atoms with E-state index in [9.17, 15) is 4.79 Å². The lowest BCUT2D eigenvalue weighted by atomic mass is 10.1. The minimum Gasteiger partial charge on any atom is -0.454 e. The highest BCUT2D eigenvalue weighted by molar-refractivity contribution is 7.99. The first-order valence-electron chi connectivity index (χ1n) is 8.98. The zero-order valence-corrected chi connectivity index (χ0v) is 16.6. The zero-order valence-electron chi connectivity index (χ0n) is 15.8. The Morgan fingerprint density at radius 2 is 1.93 bits per heavy atom. The van der Waals surface area contributed by atoms with Crippen molar-refractivity contribution in [3.05, 3.63) is 65.5 Å². The van der Waals surface area contributed by atoms with Gasteiger partial charge in [0.1, 0.15) is 0 Å². The van der Waals surface area contributed by atoms with Crippen molar-refractivity contribution in [3.8, 4) is 17.2 Å². The summed E-state index contributed by atoms with van der Waals surface area (Å²) in [6.07, 6.45) is 3.67. The molecule has 4 rings (SSSR count). The number of carbonyl (C=O) groups excluding carboxylic acids is 1. The van der Waals surface area contributed by atoms with Crippen LogP contribution in [0.25, 0.3) is 5.69 Å². The Balaban J connectivity index is 1.35. The molecule has 1 amide bonds. The Morgan fingerprint density at radius 3 is 2.75 bits per heavy atom. The summed E-state index contributed by atoms with van der Waals surface area (Å²) in [6.45, 7) is 4.84. The number of nitrogens with zero attached hydrogens (tertiary/aromatic N) is 2. The topological polar surface area (TPSA) is 65.4 Å². The molecule has 1 N–H and O–H groups in total. The quantitative estimate of drug-likeness (QED) is 0.646. The monoisotopic (exact) mass is 395 g/mol. The molecule has 2 heterocycles. The Kier molecular flexibility index (Phi) is 5.25. The summed E-state index contributed by atoms with van der Waals surface area (Å²) in [6, 6.07) is 12.0. The molecule has 144 valence electrons. The van der Waals surface area contributed by atoms with E-state index in [1.807, 2.05) is 29.0 Å². The van der Waals surface area contributed by atoms with Crippen LogP contribution in [-0.4, -0.2) is 28.0 Å². The molecule has 0 spiro atoms. The fourth-order valence-electron chi connectivity index (χ4n) is 3.12. The molecule has 0 atom stereocenters. The van der Waals surface area contributed by atoms with Crippen LogP contribution in [0.2, 0.25) is 0 Å². The zero-order chi connectivity index (χ0) is 19.5. The lowest BCUT2D eigenvalue weighted by molar-refractivity contribution is -0.118. The second-order valence-corrected chi connectivity index (χ2v) is 7.62. The molecule has 3 aromatic rings. The third-order valence-electron chi connectivity index (χ3n) is 4.35. The maximum absolute atomic E-state index is 12.3. The lowest BCUT2D eigenvalue weighted by Gasteiger charge is -2.10. The Bertz CT molecular complexity index is 996. The first kappa shape index (κ1) is 18.4. The third kappa shape index (κ3) is 4.14. The highest BCUT2D eigenvalue weighted by Crippen LogP contribution is 2.32. The van der Waals surface area contributed by atoms with Crippen LogP contribution in [0.1, 0.15) is 16.7 Å². The summed E-state index contributed by atoms with van der Waals surface area (Å²) in [4.78, 5) is 16.7. The van der Waals surface area contributed by atoms with Crippen LogP contribution < -0.4 is 14.8 Å². The van der Waals surface area contributed by atoms with Crippen molar-refractivity contribution < 1.29 is 14.3 Å². The summed E-state index contributed by atoms with van der Waals surface area (Å²) < 4.78 is 12.7. The van der Waals surface area contributed by atoms with Gasteiger partial charge in [-0.25, -0.2) is 4.98 Å². The van der Waals surface area contributed by atoms with Crippen molar-refractivity contribution >= 4 is 17.7 Å². The van der Waals surface area contributed by atoms with E-state index < -0.39 is 0 Å². The standard InChI is InChI=1S/C21H21N3O3S/c1-14-7-15(2)9-17(8-14)24-6-5-22-21(24)28-12-20(25)23-11-16-3-4-18-19(10-16)27-13-26-18/h3-10H,11-13H2,1-2H3,(H,23,25). The van der Waals surface area contributed by atoms with E-state index in [0.717, 1.165) is 27.9 Å². The van der Waals surface area contributed by atoms with Gasteiger partial charge >= 0.3 is 0 Å². The van der Waals surface area contributed by atoms with Crippen LogP contribution in [0.5, 0.6) is 11.5 Å². The molecule has 2 aromatic carbocycles. The van der Waals surface area contributed by atoms with Crippen LogP contribution >= 0.6 is 11.8 Å². The molecule has 7 heteroatoms. The number of ether oxygens (including phenoxy) is 2. The van der Waals surface area contributed by atoms with E-state index in [1.165, 1.54) is 22.9 Å². The average Bonchev–Trinajstić information content (AvgIpc) is 3.32. The molecule has 0 aliphatic carbocycles. The summed E-state index contributed by atoms with van der Waals surface area (Å²) in [5.41, 5.74) is 4.42. The number of nitrogens with one attached hydrogen (secondary N) is 1. The Labute approximate surface area is 167 Å². The molecule has 0 saturated carbocycles. The van der Waals surface area contributed by atoms with E-state index in [2.05, 4.69) is 42.3 Å². The fourth-order valence-corrected chi connectivity index (χ4v) is 3.92. The van der Waals surface area contributed by atoms with E-state index in [4.69, 9.17) is 9.47 Å². The van der Waals surface area contributed by atoms with Gasteiger partial charge in [-0.15, -0.1) is 0 Å². The number of aryl methyl sites for hydroxylation is 2. The Morgan fingerprint density at radius 1 is 1.14 bits per heavy atom. The van der Waals surface area contributed by atoms with Crippen LogP contribution in [-0.2, 0) is 11.3 Å². The maximum atomic E-state index is 12.3. The minimum absolute atomic E-state index is 0.0439. The summed E-state index contributed by atoms with van der Waals surface area (Å²) in [5, 5.41) is 3.73. The number of thioether (sulfide) groups is 1. The lowest BCUT2D eigenvalue weighted by Crippen LogP contribution is -2.24. The van der Waals surface area contributed by atoms with E-state index in [0.29, 0.717) is 12.3 Å². The molecular formula is C21H21N3O3S. The molecule has 0 saturated heterocycles. The van der Waals surface area contributed by atoms with Gasteiger partial charge in [0.05, 0.1) is 5.75 Å². The number of hydrogen-bond acceptors (Lipinski definition) is 5. The maximum Gasteiger partial charge on any atom is 0.231 e. The van der Waals surface area contributed by atoms with Gasteiger partial charge in [-0.1, -0.05) is 23.9 Å². The second kappa shape index (κ2) is 7.98. The molecule has 6 nitrogen and oxygen atoms in total. The SMILES string of the molecule is Cc1cc(C)cc(-n2ccnc2SCC(=O)NCc2ccc3c(c2)OCO3)c1. The van der Waals surface area contributed by atoms with Gasteiger partial charge in [0.15, 0.2) is 16.7 Å². The smallest absolute Gasteiger partial charge is 0.231 e. The summed E-state index contributed by atoms with van der Waals surface area (Å²) >= 11 is 1.42. The Hall–Kier alpha value is -2.93. The first-order valence-corrected chi connectivity index (χ1v) is 9.97. The van der Waals surface area contributed by atoms with Crippen LogP contribution in [0.15, 0.2) is 53.9 Å². The highest BCUT2D eigenvalue weighted by Gasteiger charge is 2.14. The van der Waals surface area contributed by atoms with Crippen LogP contribution in [0.3, 0.4) is 0 Å². The van der Waals surface area contributed by atoms with Gasteiger partial charge in [0, 0.05) is 24.6 Å².